The second kappa shape index (κ2) is 9.20. The number of alkyl carbamates (subject to hydrolysis) is 1. The van der Waals surface area contributed by atoms with Crippen molar-refractivity contribution < 1.29 is 24.2 Å². The molecule has 0 unspecified atom stereocenters. The minimum atomic E-state index is -0.634. The fourth-order valence-corrected chi connectivity index (χ4v) is 3.42. The summed E-state index contributed by atoms with van der Waals surface area (Å²) >= 11 is 0. The topological polar surface area (TPSA) is 112 Å². The van der Waals surface area contributed by atoms with E-state index in [-0.39, 0.29) is 30.5 Å². The Hall–Kier alpha value is -3.36. The smallest absolute Gasteiger partial charge is 0.408 e. The first-order chi connectivity index (χ1) is 14.6. The molecule has 1 aliphatic heterocycles. The van der Waals surface area contributed by atoms with Crippen LogP contribution in [0.5, 0.6) is 5.75 Å². The zero-order valence-electron chi connectivity index (χ0n) is 18.1. The van der Waals surface area contributed by atoms with Crippen molar-refractivity contribution in [3.8, 4) is 5.75 Å². The lowest BCUT2D eigenvalue weighted by molar-refractivity contribution is -0.138. The zero-order chi connectivity index (χ0) is 22.6. The average Bonchev–Trinajstić information content (AvgIpc) is 2.73. The highest BCUT2D eigenvalue weighted by Crippen LogP contribution is 2.26. The van der Waals surface area contributed by atoms with Gasteiger partial charge in [-0.25, -0.2) is 4.79 Å². The normalized spacial score (nSPS) is 14.4. The van der Waals surface area contributed by atoms with Gasteiger partial charge < -0.3 is 25.0 Å². The average molecular weight is 428 g/mol. The lowest BCUT2D eigenvalue weighted by Crippen LogP contribution is -2.53. The van der Waals surface area contributed by atoms with Gasteiger partial charge in [-0.05, 0) is 38.5 Å². The Morgan fingerprint density at radius 2 is 1.71 bits per heavy atom. The van der Waals surface area contributed by atoms with E-state index >= 15 is 0 Å². The Kier molecular flexibility index (Phi) is 6.62. The zero-order valence-corrected chi connectivity index (χ0v) is 18.1. The number of carbonyl (C=O) groups excluding carboxylic acids is 3. The van der Waals surface area contributed by atoms with Crippen LogP contribution in [0.25, 0.3) is 10.9 Å². The van der Waals surface area contributed by atoms with Crippen LogP contribution >= 0.6 is 0 Å². The van der Waals surface area contributed by atoms with E-state index in [1.165, 1.54) is 0 Å². The fourth-order valence-electron chi connectivity index (χ4n) is 3.42. The van der Waals surface area contributed by atoms with Crippen molar-refractivity contribution in [1.29, 1.82) is 0 Å². The number of ether oxygens (including phenoxy) is 1. The Morgan fingerprint density at radius 3 is 2.35 bits per heavy atom. The van der Waals surface area contributed by atoms with Crippen LogP contribution in [0, 0.1) is 0 Å². The lowest BCUT2D eigenvalue weighted by Gasteiger charge is -2.35. The van der Waals surface area contributed by atoms with Crippen LogP contribution in [0.1, 0.15) is 26.3 Å². The van der Waals surface area contributed by atoms with Gasteiger partial charge in [-0.2, -0.15) is 0 Å². The summed E-state index contributed by atoms with van der Waals surface area (Å²) < 4.78 is 5.12. The van der Waals surface area contributed by atoms with E-state index < -0.39 is 11.7 Å². The van der Waals surface area contributed by atoms with Crippen molar-refractivity contribution in [3.05, 3.63) is 36.0 Å². The Bertz CT molecular complexity index is 978. The van der Waals surface area contributed by atoms with Gasteiger partial charge in [0, 0.05) is 37.8 Å². The summed E-state index contributed by atoms with van der Waals surface area (Å²) in [7, 11) is 0. The second-order valence-corrected chi connectivity index (χ2v) is 8.44. The van der Waals surface area contributed by atoms with Crippen molar-refractivity contribution in [1.82, 2.24) is 20.1 Å². The standard InChI is InChI=1S/C22H28N4O5/c1-22(2,3)31-21(30)24-14-19(29)26-11-9-25(10-12-26)18(28)13-15-6-7-17(27)20-16(15)5-4-8-23-20/h4-8,27H,9-14H2,1-3H3,(H,24,30). The third-order valence-corrected chi connectivity index (χ3v) is 4.95. The van der Waals surface area contributed by atoms with Gasteiger partial charge in [-0.3, -0.25) is 14.6 Å². The van der Waals surface area contributed by atoms with E-state index in [0.29, 0.717) is 31.7 Å². The lowest BCUT2D eigenvalue weighted by atomic mass is 10.0. The van der Waals surface area contributed by atoms with Gasteiger partial charge in [-0.15, -0.1) is 0 Å². The number of nitrogens with zero attached hydrogens (tertiary/aromatic N) is 3. The number of pyridine rings is 1. The third-order valence-electron chi connectivity index (χ3n) is 4.95. The number of carbonyl (C=O) groups is 3. The maximum atomic E-state index is 12.8. The van der Waals surface area contributed by atoms with Crippen LogP contribution in [0.4, 0.5) is 4.79 Å². The first kappa shape index (κ1) is 22.3. The number of hydrogen-bond acceptors (Lipinski definition) is 6. The van der Waals surface area contributed by atoms with Crippen molar-refractivity contribution >= 4 is 28.8 Å². The van der Waals surface area contributed by atoms with Gasteiger partial charge in [0.05, 0.1) is 6.42 Å². The molecule has 0 spiro atoms. The number of nitrogens with one attached hydrogen (secondary N) is 1. The quantitative estimate of drug-likeness (QED) is 0.766. The van der Waals surface area contributed by atoms with Crippen LogP contribution < -0.4 is 5.32 Å². The summed E-state index contributed by atoms with van der Waals surface area (Å²) in [5.74, 6) is -0.178. The Labute approximate surface area is 181 Å². The molecule has 2 heterocycles. The number of piperazine rings is 1. The molecule has 1 aliphatic rings. The van der Waals surface area contributed by atoms with Gasteiger partial charge in [0.15, 0.2) is 0 Å². The van der Waals surface area contributed by atoms with E-state index in [1.807, 2.05) is 6.07 Å². The molecule has 166 valence electrons. The molecule has 9 nitrogen and oxygen atoms in total. The number of phenolic OH excluding ortho intramolecular Hbond substituents is 1. The second-order valence-electron chi connectivity index (χ2n) is 8.44. The van der Waals surface area contributed by atoms with E-state index in [9.17, 15) is 19.5 Å². The molecule has 0 aliphatic carbocycles. The fraction of sp³-hybridized carbons (Fsp3) is 0.455. The molecule has 0 atom stereocenters. The van der Waals surface area contributed by atoms with E-state index in [2.05, 4.69) is 10.3 Å². The molecule has 1 fully saturated rings. The van der Waals surface area contributed by atoms with Crippen molar-refractivity contribution in [2.75, 3.05) is 32.7 Å². The molecule has 2 N–H and O–H groups in total. The van der Waals surface area contributed by atoms with Crippen LogP contribution in [0.15, 0.2) is 30.5 Å². The summed E-state index contributed by atoms with van der Waals surface area (Å²) in [6.45, 7) is 6.76. The van der Waals surface area contributed by atoms with Gasteiger partial charge >= 0.3 is 6.09 Å². The molecule has 0 saturated carbocycles. The molecule has 1 aromatic heterocycles. The summed E-state index contributed by atoms with van der Waals surface area (Å²) in [4.78, 5) is 44.4. The first-order valence-corrected chi connectivity index (χ1v) is 10.2. The van der Waals surface area contributed by atoms with E-state index in [4.69, 9.17) is 4.74 Å². The highest BCUT2D eigenvalue weighted by Gasteiger charge is 2.25. The van der Waals surface area contributed by atoms with Gasteiger partial charge in [0.1, 0.15) is 23.4 Å². The molecule has 1 aromatic carbocycles. The number of aromatic hydroxyl groups is 1. The van der Waals surface area contributed by atoms with Crippen LogP contribution in [0.3, 0.4) is 0 Å². The predicted molar refractivity (Wildman–Crippen MR) is 115 cm³/mol. The monoisotopic (exact) mass is 428 g/mol. The number of aromatic nitrogens is 1. The summed E-state index contributed by atoms with van der Waals surface area (Å²) in [6.07, 6.45) is 1.16. The van der Waals surface area contributed by atoms with Crippen LogP contribution in [-0.2, 0) is 20.7 Å². The minimum absolute atomic E-state index is 0.0465. The SMILES string of the molecule is CC(C)(C)OC(=O)NCC(=O)N1CCN(C(=O)Cc2ccc(O)c3ncccc23)CC1. The molecule has 0 radical (unpaired) electrons. The molecule has 9 heteroatoms. The van der Waals surface area contributed by atoms with Crippen LogP contribution in [0.2, 0.25) is 0 Å². The summed E-state index contributed by atoms with van der Waals surface area (Å²) in [5.41, 5.74) is 0.643. The summed E-state index contributed by atoms with van der Waals surface area (Å²) in [6, 6.07) is 6.88. The molecule has 1 saturated heterocycles. The highest BCUT2D eigenvalue weighted by atomic mass is 16.6. The number of fused-ring (bicyclic) bond motifs is 1. The number of amides is 3. The maximum Gasteiger partial charge on any atom is 0.408 e. The maximum absolute atomic E-state index is 12.8. The highest BCUT2D eigenvalue weighted by molar-refractivity contribution is 5.91. The molecule has 3 rings (SSSR count). The molecule has 3 amide bonds. The molecule has 0 bridgehead atoms. The number of benzene rings is 1. The summed E-state index contributed by atoms with van der Waals surface area (Å²) in [5, 5.41) is 13.2. The Morgan fingerprint density at radius 1 is 1.06 bits per heavy atom. The van der Waals surface area contributed by atoms with Crippen LogP contribution in [-0.4, -0.2) is 76.1 Å². The molecular formula is C22H28N4O5. The van der Waals surface area contributed by atoms with Gasteiger partial charge in [0.2, 0.25) is 11.8 Å². The number of phenols is 1. The Balaban J connectivity index is 1.51. The predicted octanol–water partition coefficient (Wildman–Crippen LogP) is 1.68. The molecular weight excluding hydrogens is 400 g/mol. The van der Waals surface area contributed by atoms with Gasteiger partial charge in [-0.1, -0.05) is 12.1 Å². The third kappa shape index (κ3) is 5.84. The van der Waals surface area contributed by atoms with Crippen molar-refractivity contribution in [2.45, 2.75) is 32.8 Å². The van der Waals surface area contributed by atoms with Crippen molar-refractivity contribution in [3.63, 3.8) is 0 Å². The minimum Gasteiger partial charge on any atom is -0.506 e. The van der Waals surface area contributed by atoms with E-state index in [0.717, 1.165) is 10.9 Å². The first-order valence-electron chi connectivity index (χ1n) is 10.2. The van der Waals surface area contributed by atoms with Gasteiger partial charge in [0.25, 0.3) is 0 Å². The molecule has 31 heavy (non-hydrogen) atoms. The van der Waals surface area contributed by atoms with Crippen molar-refractivity contribution in [2.24, 2.45) is 0 Å². The van der Waals surface area contributed by atoms with E-state index in [1.54, 1.807) is 55.0 Å². The molecule has 2 aromatic rings. The number of rotatable bonds is 4. The largest absolute Gasteiger partial charge is 0.506 e. The number of hydrogen-bond donors (Lipinski definition) is 2.